The van der Waals surface area contributed by atoms with Crippen molar-refractivity contribution in [2.24, 2.45) is 0 Å². The number of halogens is 3. The first-order valence-corrected chi connectivity index (χ1v) is 13.2. The molecule has 3 aromatic rings. The summed E-state index contributed by atoms with van der Waals surface area (Å²) >= 11 is 6.91. The van der Waals surface area contributed by atoms with Gasteiger partial charge in [-0.1, -0.05) is 56.1 Å². The third-order valence-electron chi connectivity index (χ3n) is 6.19. The highest BCUT2D eigenvalue weighted by Crippen LogP contribution is 2.32. The highest BCUT2D eigenvalue weighted by atomic mass is 79.9. The molecule has 1 fully saturated rings. The van der Waals surface area contributed by atoms with E-state index >= 15 is 0 Å². The van der Waals surface area contributed by atoms with Crippen molar-refractivity contribution in [2.45, 2.75) is 19.0 Å². The van der Waals surface area contributed by atoms with E-state index in [1.807, 2.05) is 36.4 Å². The molecule has 2 amide bonds. The Kier molecular flexibility index (Phi) is 8.43. The van der Waals surface area contributed by atoms with Crippen LogP contribution in [-0.2, 0) is 9.59 Å². The molecule has 4 rings (SSSR count). The van der Waals surface area contributed by atoms with Gasteiger partial charge in [0.25, 0.3) is 0 Å². The highest BCUT2D eigenvalue weighted by molar-refractivity contribution is 9.10. The third kappa shape index (κ3) is 6.32. The van der Waals surface area contributed by atoms with Gasteiger partial charge >= 0.3 is 11.8 Å². The van der Waals surface area contributed by atoms with E-state index in [4.69, 9.17) is 0 Å². The molecular weight excluding hydrogens is 591 g/mol. The molecule has 1 heterocycles. The molecule has 0 radical (unpaired) electrons. The molecular formula is C27H27Br2FN4O2. The van der Waals surface area contributed by atoms with Gasteiger partial charge in [0.1, 0.15) is 5.82 Å². The molecule has 0 bridgehead atoms. The lowest BCUT2D eigenvalue weighted by atomic mass is 9.98. The number of carbonyl (C=O) groups excluding carboxylic acids is 2. The molecule has 0 aromatic heterocycles. The summed E-state index contributed by atoms with van der Waals surface area (Å²) in [6.07, 6.45) is 0. The molecule has 2 atom stereocenters. The van der Waals surface area contributed by atoms with E-state index in [2.05, 4.69) is 66.3 Å². The molecule has 1 aliphatic heterocycles. The maximum absolute atomic E-state index is 14.0. The van der Waals surface area contributed by atoms with E-state index in [1.54, 1.807) is 18.2 Å². The van der Waals surface area contributed by atoms with Gasteiger partial charge in [0.15, 0.2) is 0 Å². The first-order chi connectivity index (χ1) is 17.2. The summed E-state index contributed by atoms with van der Waals surface area (Å²) in [6, 6.07) is 18.5. The summed E-state index contributed by atoms with van der Waals surface area (Å²) < 4.78 is 15.6. The zero-order valence-corrected chi connectivity index (χ0v) is 23.1. The van der Waals surface area contributed by atoms with Gasteiger partial charge < -0.3 is 20.4 Å². The quantitative estimate of drug-likeness (QED) is 0.380. The molecule has 0 aliphatic carbocycles. The number of nitrogens with zero attached hydrogens (tertiary/aromatic N) is 2. The fourth-order valence-corrected chi connectivity index (χ4v) is 5.24. The Morgan fingerprint density at radius 1 is 0.944 bits per heavy atom. The zero-order chi connectivity index (χ0) is 25.8. The minimum Gasteiger partial charge on any atom is -0.365 e. The summed E-state index contributed by atoms with van der Waals surface area (Å²) in [5.74, 6) is -2.04. The van der Waals surface area contributed by atoms with Gasteiger partial charge in [0.05, 0.1) is 17.4 Å². The van der Waals surface area contributed by atoms with Crippen LogP contribution in [0.4, 0.5) is 15.8 Å². The number of benzene rings is 3. The van der Waals surface area contributed by atoms with E-state index in [1.165, 1.54) is 12.1 Å². The number of nitrogens with one attached hydrogen (secondary N) is 2. The van der Waals surface area contributed by atoms with Crippen molar-refractivity contribution in [1.29, 1.82) is 0 Å². The Morgan fingerprint density at radius 2 is 1.64 bits per heavy atom. The van der Waals surface area contributed by atoms with Crippen molar-refractivity contribution in [3.05, 3.63) is 92.6 Å². The molecule has 1 aliphatic rings. The zero-order valence-electron chi connectivity index (χ0n) is 20.0. The van der Waals surface area contributed by atoms with Crippen LogP contribution in [0.5, 0.6) is 0 Å². The van der Waals surface area contributed by atoms with Crippen molar-refractivity contribution in [1.82, 2.24) is 10.2 Å². The number of carbonyl (C=O) groups is 2. The van der Waals surface area contributed by atoms with Crippen LogP contribution in [0.1, 0.15) is 24.1 Å². The van der Waals surface area contributed by atoms with E-state index < -0.39 is 23.7 Å². The number of anilines is 2. The summed E-state index contributed by atoms with van der Waals surface area (Å²) in [6.45, 7) is 4.73. The Balaban J connectivity index is 1.57. The standard InChI is InChI=1S/C27H27Br2FN4O2/c1-17-16-33(2)11-12-34(17)24-10-9-21(29)15-23(24)31-26(35)27(36)32-25(18-5-3-7-20(28)13-18)19-6-4-8-22(30)14-19/h3-10,13-15,17,25H,11-12,16H2,1-2H3,(H,31,35)(H,32,36). The lowest BCUT2D eigenvalue weighted by Gasteiger charge is -2.40. The molecule has 36 heavy (non-hydrogen) atoms. The van der Waals surface area contributed by atoms with Crippen molar-refractivity contribution in [3.8, 4) is 0 Å². The summed E-state index contributed by atoms with van der Waals surface area (Å²) in [5, 5.41) is 5.57. The number of amides is 2. The van der Waals surface area contributed by atoms with Crippen LogP contribution >= 0.6 is 31.9 Å². The Bertz CT molecular complexity index is 1230. The van der Waals surface area contributed by atoms with Gasteiger partial charge in [0, 0.05) is 34.6 Å². The maximum Gasteiger partial charge on any atom is 0.313 e. The number of hydrogen-bond acceptors (Lipinski definition) is 4. The fraction of sp³-hybridized carbons (Fsp3) is 0.259. The van der Waals surface area contributed by atoms with E-state index in [9.17, 15) is 14.0 Å². The summed E-state index contributed by atoms with van der Waals surface area (Å²) in [4.78, 5) is 30.7. The van der Waals surface area contributed by atoms with Gasteiger partial charge in [-0.15, -0.1) is 0 Å². The topological polar surface area (TPSA) is 64.7 Å². The van der Waals surface area contributed by atoms with Crippen molar-refractivity contribution in [2.75, 3.05) is 36.9 Å². The van der Waals surface area contributed by atoms with Gasteiger partial charge in [-0.2, -0.15) is 0 Å². The second-order valence-electron chi connectivity index (χ2n) is 8.94. The number of hydrogen-bond donors (Lipinski definition) is 2. The van der Waals surface area contributed by atoms with E-state index in [-0.39, 0.29) is 6.04 Å². The fourth-order valence-electron chi connectivity index (χ4n) is 4.46. The molecule has 9 heteroatoms. The van der Waals surface area contributed by atoms with E-state index in [0.717, 1.165) is 34.3 Å². The Hall–Kier alpha value is -2.75. The second-order valence-corrected chi connectivity index (χ2v) is 10.8. The van der Waals surface area contributed by atoms with Gasteiger partial charge in [-0.25, -0.2) is 4.39 Å². The average Bonchev–Trinajstić information content (AvgIpc) is 2.83. The molecule has 1 saturated heterocycles. The van der Waals surface area contributed by atoms with E-state index in [0.29, 0.717) is 16.8 Å². The normalized spacial score (nSPS) is 16.9. The largest absolute Gasteiger partial charge is 0.365 e. The number of likely N-dealkylation sites (N-methyl/N-ethyl adjacent to an activating group) is 1. The first kappa shape index (κ1) is 26.3. The van der Waals surface area contributed by atoms with Gasteiger partial charge in [-0.05, 0) is 67.6 Å². The third-order valence-corrected chi connectivity index (χ3v) is 7.18. The first-order valence-electron chi connectivity index (χ1n) is 11.6. The average molecular weight is 618 g/mol. The van der Waals surface area contributed by atoms with Crippen LogP contribution in [0.2, 0.25) is 0 Å². The van der Waals surface area contributed by atoms with Gasteiger partial charge in [0.2, 0.25) is 0 Å². The van der Waals surface area contributed by atoms with Crippen LogP contribution in [0.15, 0.2) is 75.7 Å². The van der Waals surface area contributed by atoms with Crippen LogP contribution in [0.3, 0.4) is 0 Å². The minimum atomic E-state index is -0.818. The van der Waals surface area contributed by atoms with Gasteiger partial charge in [-0.3, -0.25) is 9.59 Å². The molecule has 188 valence electrons. The predicted molar refractivity (Wildman–Crippen MR) is 148 cm³/mol. The van der Waals surface area contributed by atoms with Crippen LogP contribution in [0, 0.1) is 5.82 Å². The Labute approximate surface area is 227 Å². The van der Waals surface area contributed by atoms with Crippen molar-refractivity contribution >= 4 is 55.0 Å². The second kappa shape index (κ2) is 11.5. The maximum atomic E-state index is 14.0. The number of rotatable bonds is 5. The van der Waals surface area contributed by atoms with Crippen LogP contribution in [0.25, 0.3) is 0 Å². The van der Waals surface area contributed by atoms with Crippen molar-refractivity contribution < 1.29 is 14.0 Å². The lowest BCUT2D eigenvalue weighted by molar-refractivity contribution is -0.136. The summed E-state index contributed by atoms with van der Waals surface area (Å²) in [7, 11) is 2.09. The molecule has 0 saturated carbocycles. The van der Waals surface area contributed by atoms with Crippen LogP contribution in [-0.4, -0.2) is 49.4 Å². The molecule has 3 aromatic carbocycles. The monoisotopic (exact) mass is 616 g/mol. The van der Waals surface area contributed by atoms with Crippen molar-refractivity contribution in [3.63, 3.8) is 0 Å². The smallest absolute Gasteiger partial charge is 0.313 e. The highest BCUT2D eigenvalue weighted by Gasteiger charge is 2.26. The minimum absolute atomic E-state index is 0.239. The Morgan fingerprint density at radius 3 is 2.33 bits per heavy atom. The lowest BCUT2D eigenvalue weighted by Crippen LogP contribution is -2.50. The number of piperazine rings is 1. The SMILES string of the molecule is CC1CN(C)CCN1c1ccc(Br)cc1NC(=O)C(=O)NC(c1cccc(F)c1)c1cccc(Br)c1. The molecule has 6 nitrogen and oxygen atoms in total. The predicted octanol–water partition coefficient (Wildman–Crippen LogP) is 5.34. The summed E-state index contributed by atoms with van der Waals surface area (Å²) in [5.41, 5.74) is 2.65. The molecule has 2 unspecified atom stereocenters. The molecule has 2 N–H and O–H groups in total. The van der Waals surface area contributed by atoms with Crippen LogP contribution < -0.4 is 15.5 Å². The molecule has 0 spiro atoms.